The molecule has 14 heteroatoms. The first-order valence-corrected chi connectivity index (χ1v) is 13.0. The van der Waals surface area contributed by atoms with Crippen molar-refractivity contribution in [2.24, 2.45) is 0 Å². The van der Waals surface area contributed by atoms with Crippen LogP contribution in [0.3, 0.4) is 0 Å². The fourth-order valence-electron chi connectivity index (χ4n) is 4.88. The van der Waals surface area contributed by atoms with Crippen LogP contribution in [-0.4, -0.2) is 54.2 Å². The number of benzene rings is 2. The van der Waals surface area contributed by atoms with Gasteiger partial charge in [0, 0.05) is 12.1 Å². The van der Waals surface area contributed by atoms with Crippen LogP contribution in [0.25, 0.3) is 0 Å². The Kier molecular flexibility index (Phi) is 8.40. The Morgan fingerprint density at radius 3 is 2.33 bits per heavy atom. The molecule has 2 aromatic rings. The highest BCUT2D eigenvalue weighted by molar-refractivity contribution is 6.07. The van der Waals surface area contributed by atoms with Crippen LogP contribution in [0.1, 0.15) is 43.4 Å². The highest BCUT2D eigenvalue weighted by atomic mass is 19.4. The van der Waals surface area contributed by atoms with Gasteiger partial charge in [-0.05, 0) is 54.3 Å². The number of aliphatic hydroxyl groups is 1. The van der Waals surface area contributed by atoms with Gasteiger partial charge >= 0.3 is 18.4 Å². The predicted octanol–water partition coefficient (Wildman–Crippen LogP) is 5.47. The number of aryl methyl sites for hydroxylation is 1. The first kappa shape index (κ1) is 31.0. The van der Waals surface area contributed by atoms with Crippen molar-refractivity contribution in [3.05, 3.63) is 65.2 Å². The molecule has 0 aliphatic carbocycles. The van der Waals surface area contributed by atoms with Crippen LogP contribution in [0.2, 0.25) is 0 Å². The molecule has 1 fully saturated rings. The third-order valence-corrected chi connectivity index (χ3v) is 7.18. The maximum absolute atomic E-state index is 13.4. The molecule has 2 aromatic carbocycles. The number of imide groups is 1. The summed E-state index contributed by atoms with van der Waals surface area (Å²) in [7, 11) is 0. The molecule has 228 valence electrons. The first-order chi connectivity index (χ1) is 19.7. The van der Waals surface area contributed by atoms with Crippen molar-refractivity contribution >= 4 is 11.9 Å². The summed E-state index contributed by atoms with van der Waals surface area (Å²) in [5, 5.41) is 12.5. The molecule has 2 aliphatic heterocycles. The van der Waals surface area contributed by atoms with Gasteiger partial charge in [0.15, 0.2) is 11.5 Å². The lowest BCUT2D eigenvalue weighted by Gasteiger charge is -2.33. The van der Waals surface area contributed by atoms with E-state index in [1.807, 2.05) is 0 Å². The molecule has 0 aromatic heterocycles. The zero-order valence-electron chi connectivity index (χ0n) is 22.6. The zero-order chi connectivity index (χ0) is 30.9. The van der Waals surface area contributed by atoms with Crippen LogP contribution in [0.4, 0.5) is 31.1 Å². The summed E-state index contributed by atoms with van der Waals surface area (Å²) in [5.74, 6) is 0.520. The molecule has 2 N–H and O–H groups in total. The van der Waals surface area contributed by atoms with Crippen molar-refractivity contribution in [1.29, 1.82) is 0 Å². The third-order valence-electron chi connectivity index (χ3n) is 7.18. The molecule has 2 aliphatic rings. The van der Waals surface area contributed by atoms with Gasteiger partial charge < -0.3 is 24.6 Å². The molecule has 1 atom stereocenters. The lowest BCUT2D eigenvalue weighted by molar-refractivity contribution is -0.376. The summed E-state index contributed by atoms with van der Waals surface area (Å²) in [4.78, 5) is 27.1. The number of amides is 3. The van der Waals surface area contributed by atoms with Gasteiger partial charge in [0.1, 0.15) is 17.9 Å². The van der Waals surface area contributed by atoms with E-state index in [1.54, 1.807) is 32.0 Å². The van der Waals surface area contributed by atoms with Crippen LogP contribution in [0.5, 0.6) is 17.2 Å². The van der Waals surface area contributed by atoms with E-state index >= 15 is 0 Å². The van der Waals surface area contributed by atoms with Gasteiger partial charge in [0.2, 0.25) is 6.79 Å². The first-order valence-electron chi connectivity index (χ1n) is 13.0. The maximum atomic E-state index is 13.4. The van der Waals surface area contributed by atoms with E-state index in [4.69, 9.17) is 14.2 Å². The molecule has 42 heavy (non-hydrogen) atoms. The molecule has 0 spiro atoms. The lowest BCUT2D eigenvalue weighted by atomic mass is 9.87. The minimum Gasteiger partial charge on any atom is -0.489 e. The summed E-state index contributed by atoms with van der Waals surface area (Å²) < 4.78 is 96.1. The zero-order valence-corrected chi connectivity index (χ0v) is 22.6. The van der Waals surface area contributed by atoms with E-state index in [0.29, 0.717) is 35.6 Å². The second-order valence-corrected chi connectivity index (χ2v) is 9.73. The number of carbonyl (C=O) groups is 2. The molecule has 0 radical (unpaired) electrons. The highest BCUT2D eigenvalue weighted by Gasteiger charge is 2.71. The number of ether oxygens (including phenoxy) is 3. The minimum absolute atomic E-state index is 0.0275. The summed E-state index contributed by atoms with van der Waals surface area (Å²) in [6.07, 6.45) is -8.36. The van der Waals surface area contributed by atoms with Gasteiger partial charge in [-0.3, -0.25) is 9.69 Å². The lowest BCUT2D eigenvalue weighted by Crippen LogP contribution is -2.53. The molecular weight excluding hydrogens is 574 g/mol. The number of alkyl halides is 6. The van der Waals surface area contributed by atoms with Gasteiger partial charge in [0.05, 0.1) is 0 Å². The predicted molar refractivity (Wildman–Crippen MR) is 136 cm³/mol. The Morgan fingerprint density at radius 1 is 1.00 bits per heavy atom. The SMILES string of the molecule is CCCc1cc(C(O)(C(F)(F)F)C(F)(F)F)ccc1OC/C=C\CN1C(=O)NC(CC)(c2ccc3c(c2)OCO3)C1=O. The van der Waals surface area contributed by atoms with Crippen molar-refractivity contribution < 1.29 is 55.2 Å². The Morgan fingerprint density at radius 2 is 1.69 bits per heavy atom. The Hall–Kier alpha value is -3.94. The molecule has 0 saturated carbocycles. The Labute approximate surface area is 236 Å². The molecule has 3 amide bonds. The molecule has 8 nitrogen and oxygen atoms in total. The highest BCUT2D eigenvalue weighted by Crippen LogP contribution is 2.50. The van der Waals surface area contributed by atoms with Crippen LogP contribution in [0, 0.1) is 0 Å². The monoisotopic (exact) mass is 602 g/mol. The largest absolute Gasteiger partial charge is 0.489 e. The summed E-state index contributed by atoms with van der Waals surface area (Å²) in [5.41, 5.74) is -7.15. The topological polar surface area (TPSA) is 97.3 Å². The van der Waals surface area contributed by atoms with E-state index in [2.05, 4.69) is 5.32 Å². The molecular formula is C28H28F6N2O6. The van der Waals surface area contributed by atoms with Crippen molar-refractivity contribution in [3.8, 4) is 17.2 Å². The van der Waals surface area contributed by atoms with E-state index in [0.717, 1.165) is 11.0 Å². The molecule has 2 heterocycles. The van der Waals surface area contributed by atoms with Crippen molar-refractivity contribution in [1.82, 2.24) is 10.2 Å². The average molecular weight is 603 g/mol. The third kappa shape index (κ3) is 5.35. The second-order valence-electron chi connectivity index (χ2n) is 9.73. The molecule has 4 rings (SSSR count). The van der Waals surface area contributed by atoms with Gasteiger partial charge in [-0.25, -0.2) is 4.79 Å². The Bertz CT molecular complexity index is 1360. The fourth-order valence-corrected chi connectivity index (χ4v) is 4.88. The fraction of sp³-hybridized carbons (Fsp3) is 0.429. The van der Waals surface area contributed by atoms with Crippen LogP contribution >= 0.6 is 0 Å². The number of carbonyl (C=O) groups excluding carboxylic acids is 2. The number of fused-ring (bicyclic) bond motifs is 1. The van der Waals surface area contributed by atoms with Gasteiger partial charge in [-0.15, -0.1) is 0 Å². The standard InChI is InChI=1S/C28H28F6N2O6/c1-3-7-17-14-19(26(39,27(29,30)31)28(32,33)34)9-10-20(17)40-13-6-5-12-36-23(37)25(4-2,35-24(36)38)18-8-11-21-22(15-18)42-16-41-21/h5-6,8-11,14-15,39H,3-4,7,12-13,16H2,1-2H3,(H,35,38)/b6-5-. The smallest absolute Gasteiger partial charge is 0.430 e. The number of hydrogen-bond donors (Lipinski definition) is 2. The van der Waals surface area contributed by atoms with Gasteiger partial charge in [-0.1, -0.05) is 38.5 Å². The number of nitrogens with zero attached hydrogens (tertiary/aromatic N) is 1. The van der Waals surface area contributed by atoms with Crippen LogP contribution in [0.15, 0.2) is 48.6 Å². The second kappa shape index (κ2) is 11.4. The Balaban J connectivity index is 1.45. The number of hydrogen-bond acceptors (Lipinski definition) is 6. The maximum Gasteiger partial charge on any atom is 0.430 e. The number of rotatable bonds is 10. The van der Waals surface area contributed by atoms with E-state index in [-0.39, 0.29) is 44.1 Å². The summed E-state index contributed by atoms with van der Waals surface area (Å²) in [6, 6.07) is 6.44. The molecule has 1 saturated heterocycles. The van der Waals surface area contributed by atoms with Gasteiger partial charge in [-0.2, -0.15) is 26.3 Å². The van der Waals surface area contributed by atoms with Crippen molar-refractivity contribution in [2.45, 2.75) is 56.6 Å². The minimum atomic E-state index is -6.00. The summed E-state index contributed by atoms with van der Waals surface area (Å²) >= 11 is 0. The van der Waals surface area contributed by atoms with E-state index in [9.17, 15) is 41.0 Å². The van der Waals surface area contributed by atoms with Crippen molar-refractivity contribution in [3.63, 3.8) is 0 Å². The number of nitrogens with one attached hydrogen (secondary N) is 1. The normalized spacial score (nSPS) is 19.1. The van der Waals surface area contributed by atoms with Crippen molar-refractivity contribution in [2.75, 3.05) is 19.9 Å². The van der Waals surface area contributed by atoms with Crippen LogP contribution < -0.4 is 19.5 Å². The van der Waals surface area contributed by atoms with Crippen LogP contribution in [-0.2, 0) is 22.4 Å². The average Bonchev–Trinajstić information content (AvgIpc) is 3.49. The molecule has 1 unspecified atom stereocenters. The van der Waals surface area contributed by atoms with E-state index < -0.39 is 41.0 Å². The number of urea groups is 1. The van der Waals surface area contributed by atoms with E-state index in [1.165, 1.54) is 12.2 Å². The molecule has 0 bridgehead atoms. The number of halogens is 6. The van der Waals surface area contributed by atoms with Gasteiger partial charge in [0.25, 0.3) is 11.5 Å². The summed E-state index contributed by atoms with van der Waals surface area (Å²) in [6.45, 7) is 3.19. The quantitative estimate of drug-likeness (QED) is 0.213.